The molecule has 14 heavy (non-hydrogen) atoms. The normalized spacial score (nSPS) is 31.3. The quantitative estimate of drug-likeness (QED) is 0.759. The number of aliphatic hydroxyl groups is 1. The van der Waals surface area contributed by atoms with Crippen LogP contribution >= 0.6 is 0 Å². The highest BCUT2D eigenvalue weighted by atomic mass is 16.5. The van der Waals surface area contributed by atoms with Crippen LogP contribution in [0.25, 0.3) is 0 Å². The molecule has 0 heterocycles. The Labute approximate surface area is 87.7 Å². The van der Waals surface area contributed by atoms with Gasteiger partial charge in [-0.2, -0.15) is 0 Å². The number of hydrogen-bond acceptors (Lipinski definition) is 2. The molecule has 0 saturated heterocycles. The lowest BCUT2D eigenvalue weighted by molar-refractivity contribution is -0.229. The van der Waals surface area contributed by atoms with E-state index in [4.69, 9.17) is 4.74 Å². The molecular weight excluding hydrogens is 176 g/mol. The number of aliphatic hydroxyl groups excluding tert-OH is 1. The summed E-state index contributed by atoms with van der Waals surface area (Å²) >= 11 is 0. The highest BCUT2D eigenvalue weighted by molar-refractivity contribution is 5.03. The maximum atomic E-state index is 9.85. The molecule has 0 bridgehead atoms. The third-order valence-corrected chi connectivity index (χ3v) is 3.55. The van der Waals surface area contributed by atoms with Gasteiger partial charge in [-0.25, -0.2) is 0 Å². The van der Waals surface area contributed by atoms with Gasteiger partial charge in [-0.1, -0.05) is 13.8 Å². The van der Waals surface area contributed by atoms with E-state index in [0.717, 1.165) is 19.3 Å². The van der Waals surface area contributed by atoms with E-state index in [1.807, 2.05) is 0 Å². The molecular formula is C12H24O2. The van der Waals surface area contributed by atoms with Gasteiger partial charge in [0.25, 0.3) is 0 Å². The first kappa shape index (κ1) is 12.0. The zero-order valence-electron chi connectivity index (χ0n) is 10.1. The zero-order valence-corrected chi connectivity index (χ0v) is 10.1. The molecule has 0 radical (unpaired) electrons. The van der Waals surface area contributed by atoms with Crippen molar-refractivity contribution in [3.63, 3.8) is 0 Å². The van der Waals surface area contributed by atoms with Gasteiger partial charge >= 0.3 is 0 Å². The molecule has 0 aliphatic heterocycles. The molecule has 0 aromatic rings. The Balaban J connectivity index is 2.64. The van der Waals surface area contributed by atoms with Crippen LogP contribution in [0.4, 0.5) is 0 Å². The van der Waals surface area contributed by atoms with Gasteiger partial charge in [-0.3, -0.25) is 0 Å². The van der Waals surface area contributed by atoms with E-state index < -0.39 is 0 Å². The van der Waals surface area contributed by atoms with Gasteiger partial charge in [-0.15, -0.1) is 0 Å². The van der Waals surface area contributed by atoms with E-state index >= 15 is 0 Å². The third-order valence-electron chi connectivity index (χ3n) is 3.55. The smallest absolute Gasteiger partial charge is 0.0687 e. The Morgan fingerprint density at radius 2 is 1.79 bits per heavy atom. The Hall–Kier alpha value is -0.0800. The van der Waals surface area contributed by atoms with E-state index in [1.54, 1.807) is 0 Å². The minimum absolute atomic E-state index is 0.0211. The van der Waals surface area contributed by atoms with Crippen LogP contribution in [0, 0.1) is 5.41 Å². The SMILES string of the molecule is CCC1(CC)C(O)CC1OC(C)(C)C. The minimum Gasteiger partial charge on any atom is -0.392 e. The molecule has 0 spiro atoms. The molecule has 2 heteroatoms. The average molecular weight is 200 g/mol. The summed E-state index contributed by atoms with van der Waals surface area (Å²) in [4.78, 5) is 0. The van der Waals surface area contributed by atoms with Crippen molar-refractivity contribution in [3.05, 3.63) is 0 Å². The molecule has 1 aliphatic carbocycles. The van der Waals surface area contributed by atoms with Gasteiger partial charge in [0.15, 0.2) is 0 Å². The third kappa shape index (κ3) is 1.96. The molecule has 1 saturated carbocycles. The van der Waals surface area contributed by atoms with E-state index in [-0.39, 0.29) is 23.2 Å². The molecule has 0 aromatic heterocycles. The second-order valence-electron chi connectivity index (χ2n) is 5.41. The van der Waals surface area contributed by atoms with Gasteiger partial charge in [0.1, 0.15) is 0 Å². The predicted molar refractivity (Wildman–Crippen MR) is 58.3 cm³/mol. The molecule has 1 N–H and O–H groups in total. The fourth-order valence-corrected chi connectivity index (χ4v) is 2.50. The van der Waals surface area contributed by atoms with Crippen molar-refractivity contribution < 1.29 is 9.84 Å². The lowest BCUT2D eigenvalue weighted by atomic mass is 9.60. The fraction of sp³-hybridized carbons (Fsp3) is 1.00. The maximum Gasteiger partial charge on any atom is 0.0687 e. The number of hydrogen-bond donors (Lipinski definition) is 1. The van der Waals surface area contributed by atoms with Crippen LogP contribution < -0.4 is 0 Å². The lowest BCUT2D eigenvalue weighted by Gasteiger charge is -2.54. The van der Waals surface area contributed by atoms with Gasteiger partial charge in [0, 0.05) is 11.8 Å². The van der Waals surface area contributed by atoms with E-state index in [2.05, 4.69) is 34.6 Å². The molecule has 1 fully saturated rings. The van der Waals surface area contributed by atoms with E-state index in [0.29, 0.717) is 0 Å². The maximum absolute atomic E-state index is 9.85. The standard InChI is InChI=1S/C12H24O2/c1-6-12(7-2)9(13)8-10(12)14-11(3,4)5/h9-10,13H,6-8H2,1-5H3. The molecule has 0 amide bonds. The second-order valence-corrected chi connectivity index (χ2v) is 5.41. The summed E-state index contributed by atoms with van der Waals surface area (Å²) in [6.45, 7) is 10.5. The van der Waals surface area contributed by atoms with Gasteiger partial charge in [-0.05, 0) is 33.6 Å². The first-order valence-electron chi connectivity index (χ1n) is 5.71. The van der Waals surface area contributed by atoms with Crippen LogP contribution in [0.15, 0.2) is 0 Å². The van der Waals surface area contributed by atoms with Crippen molar-refractivity contribution in [1.82, 2.24) is 0 Å². The Kier molecular flexibility index (Phi) is 3.27. The fourth-order valence-electron chi connectivity index (χ4n) is 2.50. The molecule has 0 aromatic carbocycles. The van der Waals surface area contributed by atoms with Crippen LogP contribution in [0.5, 0.6) is 0 Å². The summed E-state index contributed by atoms with van der Waals surface area (Å²) in [6.07, 6.45) is 2.90. The van der Waals surface area contributed by atoms with Crippen molar-refractivity contribution >= 4 is 0 Å². The summed E-state index contributed by atoms with van der Waals surface area (Å²) in [5.74, 6) is 0. The molecule has 1 aliphatic rings. The first-order chi connectivity index (χ1) is 6.35. The van der Waals surface area contributed by atoms with Crippen molar-refractivity contribution in [3.8, 4) is 0 Å². The summed E-state index contributed by atoms with van der Waals surface area (Å²) < 4.78 is 5.98. The molecule has 2 nitrogen and oxygen atoms in total. The number of rotatable bonds is 3. The summed E-state index contributed by atoms with van der Waals surface area (Å²) in [5, 5.41) is 9.85. The summed E-state index contributed by atoms with van der Waals surface area (Å²) in [6, 6.07) is 0. The Morgan fingerprint density at radius 1 is 1.29 bits per heavy atom. The number of ether oxygens (including phenoxy) is 1. The zero-order chi connectivity index (χ0) is 11.0. The van der Waals surface area contributed by atoms with Crippen LogP contribution in [-0.4, -0.2) is 22.9 Å². The molecule has 1 rings (SSSR count). The van der Waals surface area contributed by atoms with Crippen LogP contribution in [0.2, 0.25) is 0 Å². The highest BCUT2D eigenvalue weighted by Gasteiger charge is 2.53. The van der Waals surface area contributed by atoms with Crippen molar-refractivity contribution in [2.75, 3.05) is 0 Å². The molecule has 2 unspecified atom stereocenters. The average Bonchev–Trinajstić information content (AvgIpc) is 2.03. The molecule has 2 atom stereocenters. The van der Waals surface area contributed by atoms with Gasteiger partial charge < -0.3 is 9.84 Å². The van der Waals surface area contributed by atoms with Gasteiger partial charge in [0.2, 0.25) is 0 Å². The van der Waals surface area contributed by atoms with E-state index in [9.17, 15) is 5.11 Å². The Morgan fingerprint density at radius 3 is 2.07 bits per heavy atom. The van der Waals surface area contributed by atoms with Crippen molar-refractivity contribution in [2.45, 2.75) is 71.7 Å². The minimum atomic E-state index is -0.162. The highest BCUT2D eigenvalue weighted by Crippen LogP contribution is 2.49. The Bertz CT molecular complexity index is 189. The van der Waals surface area contributed by atoms with E-state index in [1.165, 1.54) is 0 Å². The van der Waals surface area contributed by atoms with Crippen molar-refractivity contribution in [1.29, 1.82) is 0 Å². The van der Waals surface area contributed by atoms with Crippen LogP contribution in [-0.2, 0) is 4.74 Å². The second kappa shape index (κ2) is 3.82. The van der Waals surface area contributed by atoms with Crippen LogP contribution in [0.3, 0.4) is 0 Å². The lowest BCUT2D eigenvalue weighted by Crippen LogP contribution is -2.59. The predicted octanol–water partition coefficient (Wildman–Crippen LogP) is 2.74. The largest absolute Gasteiger partial charge is 0.392 e. The van der Waals surface area contributed by atoms with Crippen LogP contribution in [0.1, 0.15) is 53.9 Å². The van der Waals surface area contributed by atoms with Crippen molar-refractivity contribution in [2.24, 2.45) is 5.41 Å². The summed E-state index contributed by atoms with van der Waals surface area (Å²) in [5.41, 5.74) is -0.0757. The molecule has 84 valence electrons. The van der Waals surface area contributed by atoms with Gasteiger partial charge in [0.05, 0.1) is 17.8 Å². The topological polar surface area (TPSA) is 29.5 Å². The summed E-state index contributed by atoms with van der Waals surface area (Å²) in [7, 11) is 0. The monoisotopic (exact) mass is 200 g/mol. The first-order valence-corrected chi connectivity index (χ1v) is 5.71.